The highest BCUT2D eigenvalue weighted by molar-refractivity contribution is 7.89. The maximum Gasteiger partial charge on any atom is 0.268 e. The second-order valence-electron chi connectivity index (χ2n) is 7.17. The van der Waals surface area contributed by atoms with Crippen LogP contribution >= 0.6 is 0 Å². The maximum atomic E-state index is 12.6. The van der Waals surface area contributed by atoms with Crippen LogP contribution in [0.1, 0.15) is 28.9 Å². The van der Waals surface area contributed by atoms with Gasteiger partial charge in [0.25, 0.3) is 5.91 Å². The first-order chi connectivity index (χ1) is 14.0. The van der Waals surface area contributed by atoms with Crippen LogP contribution in [0.2, 0.25) is 0 Å². The summed E-state index contributed by atoms with van der Waals surface area (Å²) in [7, 11) is -3.54. The van der Waals surface area contributed by atoms with Crippen molar-refractivity contribution >= 4 is 21.7 Å². The second kappa shape index (κ2) is 8.52. The van der Waals surface area contributed by atoms with E-state index in [1.165, 1.54) is 16.6 Å². The number of ether oxygens (including phenoxy) is 1. The summed E-state index contributed by atoms with van der Waals surface area (Å²) in [6.45, 7) is 4.40. The third-order valence-electron chi connectivity index (χ3n) is 5.20. The molecule has 1 amide bonds. The molecule has 2 aliphatic heterocycles. The van der Waals surface area contributed by atoms with Gasteiger partial charge in [-0.3, -0.25) is 4.79 Å². The van der Waals surface area contributed by atoms with Crippen molar-refractivity contribution < 1.29 is 17.9 Å². The molecule has 10 heteroatoms. The molecule has 0 aromatic carbocycles. The number of H-pyrrole nitrogens is 1. The Morgan fingerprint density at radius 1 is 1.17 bits per heavy atom. The lowest BCUT2D eigenvalue weighted by molar-refractivity contribution is 0.0946. The van der Waals surface area contributed by atoms with Crippen molar-refractivity contribution in [3.8, 4) is 0 Å². The Morgan fingerprint density at radius 2 is 1.93 bits per heavy atom. The van der Waals surface area contributed by atoms with Gasteiger partial charge in [0.2, 0.25) is 10.0 Å². The van der Waals surface area contributed by atoms with Crippen LogP contribution in [-0.4, -0.2) is 68.0 Å². The first kappa shape index (κ1) is 19.9. The summed E-state index contributed by atoms with van der Waals surface area (Å²) in [4.78, 5) is 21.9. The predicted octanol–water partition coefficient (Wildman–Crippen LogP) is 0.961. The first-order valence-corrected chi connectivity index (χ1v) is 11.2. The molecule has 156 valence electrons. The number of amides is 1. The zero-order valence-corrected chi connectivity index (χ0v) is 17.0. The van der Waals surface area contributed by atoms with Gasteiger partial charge in [-0.15, -0.1) is 0 Å². The number of hydrogen-bond donors (Lipinski definition) is 2. The van der Waals surface area contributed by atoms with Crippen molar-refractivity contribution in [1.29, 1.82) is 0 Å². The van der Waals surface area contributed by atoms with Gasteiger partial charge in [0.1, 0.15) is 16.4 Å². The number of nitrogens with one attached hydrogen (secondary N) is 2. The fourth-order valence-electron chi connectivity index (χ4n) is 3.51. The molecule has 29 heavy (non-hydrogen) atoms. The van der Waals surface area contributed by atoms with Crippen LogP contribution in [0.5, 0.6) is 0 Å². The van der Waals surface area contributed by atoms with E-state index in [1.54, 1.807) is 6.20 Å². The van der Waals surface area contributed by atoms with Crippen LogP contribution in [0.4, 0.5) is 5.82 Å². The number of carbonyl (C=O) groups is 1. The summed E-state index contributed by atoms with van der Waals surface area (Å²) in [6, 6.07) is 5.25. The lowest BCUT2D eigenvalue weighted by Gasteiger charge is -2.27. The fraction of sp³-hybridized carbons (Fsp3) is 0.474. The Balaban J connectivity index is 1.34. The molecule has 4 rings (SSSR count). The number of carbonyl (C=O) groups excluding carboxylic acids is 1. The van der Waals surface area contributed by atoms with E-state index in [-0.39, 0.29) is 16.5 Å². The molecule has 0 saturated carbocycles. The number of aromatic amines is 1. The molecular formula is C19H25N5O4S. The van der Waals surface area contributed by atoms with Crippen LogP contribution < -0.4 is 10.2 Å². The van der Waals surface area contributed by atoms with Crippen LogP contribution in [0.25, 0.3) is 0 Å². The Morgan fingerprint density at radius 3 is 2.62 bits per heavy atom. The minimum atomic E-state index is -3.54. The van der Waals surface area contributed by atoms with Gasteiger partial charge in [0.05, 0.1) is 13.2 Å². The standard InChI is InChI=1S/C19H25N5O4S/c25-19(17-11-16(14-20-17)29(26,27)24-5-1-2-6-24)22-13-15-3-4-18(21-12-15)23-7-9-28-10-8-23/h3-4,11-12,14,20H,1-2,5-10,13H2,(H,22,25). The van der Waals surface area contributed by atoms with Crippen molar-refractivity contribution in [2.75, 3.05) is 44.3 Å². The highest BCUT2D eigenvalue weighted by Crippen LogP contribution is 2.21. The van der Waals surface area contributed by atoms with E-state index in [1.807, 2.05) is 12.1 Å². The maximum absolute atomic E-state index is 12.6. The van der Waals surface area contributed by atoms with E-state index in [0.717, 1.165) is 37.3 Å². The molecule has 2 aromatic heterocycles. The Hall–Kier alpha value is -2.43. The van der Waals surface area contributed by atoms with Crippen molar-refractivity contribution in [3.05, 3.63) is 41.9 Å². The summed E-state index contributed by atoms with van der Waals surface area (Å²) in [5.74, 6) is 0.537. The molecule has 0 aliphatic carbocycles. The smallest absolute Gasteiger partial charge is 0.268 e. The minimum Gasteiger partial charge on any atom is -0.378 e. The Labute approximate surface area is 170 Å². The number of sulfonamides is 1. The third-order valence-corrected chi connectivity index (χ3v) is 7.08. The number of anilines is 1. The van der Waals surface area contributed by atoms with Gasteiger partial charge in [-0.05, 0) is 30.5 Å². The molecule has 9 nitrogen and oxygen atoms in total. The molecule has 2 aliphatic rings. The molecule has 2 aromatic rings. The predicted molar refractivity (Wildman–Crippen MR) is 107 cm³/mol. The summed E-state index contributed by atoms with van der Waals surface area (Å²) < 4.78 is 31.9. The zero-order valence-electron chi connectivity index (χ0n) is 16.1. The number of aromatic nitrogens is 2. The summed E-state index contributed by atoms with van der Waals surface area (Å²) in [5, 5.41) is 2.80. The van der Waals surface area contributed by atoms with E-state index in [4.69, 9.17) is 4.74 Å². The topological polar surface area (TPSA) is 108 Å². The summed E-state index contributed by atoms with van der Waals surface area (Å²) in [6.07, 6.45) is 4.86. The summed E-state index contributed by atoms with van der Waals surface area (Å²) in [5.41, 5.74) is 1.09. The Kier molecular flexibility index (Phi) is 5.84. The van der Waals surface area contributed by atoms with Crippen LogP contribution in [0, 0.1) is 0 Å². The van der Waals surface area contributed by atoms with Gasteiger partial charge in [-0.25, -0.2) is 13.4 Å². The number of nitrogens with zero attached hydrogens (tertiary/aromatic N) is 3. The van der Waals surface area contributed by atoms with Crippen LogP contribution in [0.15, 0.2) is 35.5 Å². The van der Waals surface area contributed by atoms with Gasteiger partial charge in [0.15, 0.2) is 0 Å². The lowest BCUT2D eigenvalue weighted by Crippen LogP contribution is -2.36. The average molecular weight is 420 g/mol. The first-order valence-electron chi connectivity index (χ1n) is 9.78. The number of morpholine rings is 1. The molecule has 0 spiro atoms. The highest BCUT2D eigenvalue weighted by atomic mass is 32.2. The van der Waals surface area contributed by atoms with E-state index in [2.05, 4.69) is 20.2 Å². The highest BCUT2D eigenvalue weighted by Gasteiger charge is 2.28. The van der Waals surface area contributed by atoms with Crippen LogP contribution in [-0.2, 0) is 21.3 Å². The molecule has 0 radical (unpaired) electrons. The molecule has 0 atom stereocenters. The van der Waals surface area contributed by atoms with Gasteiger partial charge >= 0.3 is 0 Å². The molecule has 2 saturated heterocycles. The van der Waals surface area contributed by atoms with E-state index >= 15 is 0 Å². The van der Waals surface area contributed by atoms with Gasteiger partial charge in [-0.1, -0.05) is 6.07 Å². The van der Waals surface area contributed by atoms with Gasteiger partial charge in [0, 0.05) is 45.1 Å². The molecule has 2 N–H and O–H groups in total. The van der Waals surface area contributed by atoms with Crippen molar-refractivity contribution in [1.82, 2.24) is 19.6 Å². The van der Waals surface area contributed by atoms with Crippen molar-refractivity contribution in [2.24, 2.45) is 0 Å². The fourth-order valence-corrected chi connectivity index (χ4v) is 5.02. The van der Waals surface area contributed by atoms with E-state index in [9.17, 15) is 13.2 Å². The SMILES string of the molecule is O=C(NCc1ccc(N2CCOCC2)nc1)c1cc(S(=O)(=O)N2CCCC2)c[nH]1. The quantitative estimate of drug-likeness (QED) is 0.722. The number of pyridine rings is 1. The normalized spacial score (nSPS) is 18.1. The molecule has 2 fully saturated rings. The average Bonchev–Trinajstić information content (AvgIpc) is 3.46. The monoisotopic (exact) mass is 419 g/mol. The molecular weight excluding hydrogens is 394 g/mol. The zero-order chi connectivity index (χ0) is 20.3. The van der Waals surface area contributed by atoms with E-state index in [0.29, 0.717) is 32.8 Å². The number of hydrogen-bond acceptors (Lipinski definition) is 6. The molecule has 4 heterocycles. The van der Waals surface area contributed by atoms with Gasteiger partial charge in [-0.2, -0.15) is 4.31 Å². The van der Waals surface area contributed by atoms with Crippen LogP contribution in [0.3, 0.4) is 0 Å². The van der Waals surface area contributed by atoms with Gasteiger partial charge < -0.3 is 19.9 Å². The number of rotatable bonds is 6. The van der Waals surface area contributed by atoms with Crippen molar-refractivity contribution in [3.63, 3.8) is 0 Å². The third kappa shape index (κ3) is 4.44. The molecule has 0 bridgehead atoms. The largest absolute Gasteiger partial charge is 0.378 e. The molecule has 0 unspecified atom stereocenters. The van der Waals surface area contributed by atoms with Crippen molar-refractivity contribution in [2.45, 2.75) is 24.3 Å². The minimum absolute atomic E-state index is 0.126. The Bertz CT molecular complexity index is 945. The lowest BCUT2D eigenvalue weighted by atomic mass is 10.2. The summed E-state index contributed by atoms with van der Waals surface area (Å²) >= 11 is 0. The van der Waals surface area contributed by atoms with E-state index < -0.39 is 10.0 Å². The second-order valence-corrected chi connectivity index (χ2v) is 9.10.